The van der Waals surface area contributed by atoms with Crippen LogP contribution in [0.25, 0.3) is 16.7 Å². The third kappa shape index (κ3) is 1.63. The van der Waals surface area contributed by atoms with Crippen LogP contribution in [0, 0.1) is 0 Å². The summed E-state index contributed by atoms with van der Waals surface area (Å²) in [7, 11) is 0. The zero-order valence-electron chi connectivity index (χ0n) is 13.8. The van der Waals surface area contributed by atoms with Gasteiger partial charge in [-0.3, -0.25) is 0 Å². The molecule has 0 amide bonds. The highest BCUT2D eigenvalue weighted by molar-refractivity contribution is 5.98. The highest BCUT2D eigenvalue weighted by Crippen LogP contribution is 2.57. The van der Waals surface area contributed by atoms with Gasteiger partial charge in [-0.2, -0.15) is 0 Å². The van der Waals surface area contributed by atoms with Crippen LogP contribution in [0.1, 0.15) is 23.6 Å². The summed E-state index contributed by atoms with van der Waals surface area (Å²) in [5.74, 6) is 0. The van der Waals surface area contributed by atoms with Crippen LogP contribution in [0.3, 0.4) is 0 Å². The summed E-state index contributed by atoms with van der Waals surface area (Å²) in [6.07, 6.45) is 5.67. The Labute approximate surface area is 147 Å². The summed E-state index contributed by atoms with van der Waals surface area (Å²) in [6, 6.07) is 26.9. The van der Waals surface area contributed by atoms with Crippen molar-refractivity contribution < 1.29 is 0 Å². The molecule has 1 atom stereocenters. The quantitative estimate of drug-likeness (QED) is 0.472. The van der Waals surface area contributed by atoms with Crippen LogP contribution in [0.5, 0.6) is 0 Å². The molecule has 0 bridgehead atoms. The topological polar surface area (TPSA) is 3.24 Å². The van der Waals surface area contributed by atoms with E-state index in [2.05, 4.69) is 89.8 Å². The Hall–Kier alpha value is -3.06. The van der Waals surface area contributed by atoms with Gasteiger partial charge in [0.25, 0.3) is 0 Å². The number of para-hydroxylation sites is 2. The summed E-state index contributed by atoms with van der Waals surface area (Å²) < 4.78 is 0. The Morgan fingerprint density at radius 2 is 1.32 bits per heavy atom. The summed E-state index contributed by atoms with van der Waals surface area (Å²) in [6.45, 7) is 0. The molecule has 25 heavy (non-hydrogen) atoms. The first-order chi connectivity index (χ1) is 12.4. The van der Waals surface area contributed by atoms with E-state index in [9.17, 15) is 0 Å². The average molecular weight is 319 g/mol. The van der Waals surface area contributed by atoms with Crippen LogP contribution >= 0.6 is 0 Å². The average Bonchev–Trinajstić information content (AvgIpc) is 3.17. The molecule has 0 radical (unpaired) electrons. The lowest BCUT2D eigenvalue weighted by atomic mass is 9.79. The van der Waals surface area contributed by atoms with Crippen molar-refractivity contribution in [2.45, 2.75) is 12.5 Å². The Morgan fingerprint density at radius 1 is 0.680 bits per heavy atom. The second-order valence-corrected chi connectivity index (χ2v) is 6.94. The summed E-state index contributed by atoms with van der Waals surface area (Å²) >= 11 is 0. The predicted octanol–water partition coefficient (Wildman–Crippen LogP) is 6.27. The molecule has 0 saturated heterocycles. The van der Waals surface area contributed by atoms with Gasteiger partial charge in [-0.05, 0) is 40.8 Å². The van der Waals surface area contributed by atoms with Crippen molar-refractivity contribution in [3.8, 4) is 11.1 Å². The fourth-order valence-corrected chi connectivity index (χ4v) is 4.74. The first-order valence-corrected chi connectivity index (χ1v) is 8.90. The highest BCUT2D eigenvalue weighted by Gasteiger charge is 2.39. The maximum Gasteiger partial charge on any atom is 0.0823 e. The Bertz CT molecular complexity index is 1090. The minimum atomic E-state index is 0.297. The minimum absolute atomic E-state index is 0.297. The van der Waals surface area contributed by atoms with Crippen molar-refractivity contribution in [3.05, 3.63) is 102 Å². The van der Waals surface area contributed by atoms with Crippen molar-refractivity contribution >= 4 is 16.9 Å². The number of hydrogen-bond acceptors (Lipinski definition) is 1. The van der Waals surface area contributed by atoms with Gasteiger partial charge in [0, 0.05) is 22.5 Å². The van der Waals surface area contributed by atoms with E-state index in [1.807, 2.05) is 0 Å². The SMILES string of the molecule is C1=CC2=C(C1)C1c3ccccc3-c3ccccc3N1c1ccccc12. The number of hydrogen-bond donors (Lipinski definition) is 0. The van der Waals surface area contributed by atoms with Crippen molar-refractivity contribution in [3.63, 3.8) is 0 Å². The van der Waals surface area contributed by atoms with E-state index in [4.69, 9.17) is 0 Å². The lowest BCUT2D eigenvalue weighted by Crippen LogP contribution is -2.32. The van der Waals surface area contributed by atoms with Gasteiger partial charge < -0.3 is 4.90 Å². The van der Waals surface area contributed by atoms with Crippen LogP contribution in [-0.4, -0.2) is 0 Å². The van der Waals surface area contributed by atoms with Gasteiger partial charge in [-0.1, -0.05) is 72.8 Å². The van der Waals surface area contributed by atoms with Crippen molar-refractivity contribution in [1.82, 2.24) is 0 Å². The second kappa shape index (κ2) is 4.73. The maximum absolute atomic E-state index is 2.55. The molecule has 1 unspecified atom stereocenters. The molecule has 3 aliphatic rings. The van der Waals surface area contributed by atoms with Gasteiger partial charge in [0.2, 0.25) is 0 Å². The maximum atomic E-state index is 2.55. The van der Waals surface area contributed by atoms with Crippen molar-refractivity contribution in [2.24, 2.45) is 0 Å². The van der Waals surface area contributed by atoms with Gasteiger partial charge in [0.1, 0.15) is 0 Å². The van der Waals surface area contributed by atoms with Crippen molar-refractivity contribution in [2.75, 3.05) is 4.90 Å². The van der Waals surface area contributed by atoms with Crippen LogP contribution in [0.2, 0.25) is 0 Å². The molecule has 2 heterocycles. The first kappa shape index (κ1) is 13.3. The highest BCUT2D eigenvalue weighted by atomic mass is 15.2. The van der Waals surface area contributed by atoms with E-state index in [0.29, 0.717) is 6.04 Å². The number of nitrogens with zero attached hydrogens (tertiary/aromatic N) is 1. The molecule has 0 saturated carbocycles. The lowest BCUT2D eigenvalue weighted by molar-refractivity contribution is 0.770. The predicted molar refractivity (Wildman–Crippen MR) is 104 cm³/mol. The van der Waals surface area contributed by atoms with E-state index < -0.39 is 0 Å². The fraction of sp³-hybridized carbons (Fsp3) is 0.0833. The molecule has 0 spiro atoms. The Morgan fingerprint density at radius 3 is 2.16 bits per heavy atom. The van der Waals surface area contributed by atoms with Crippen LogP contribution in [0.15, 0.2) is 90.5 Å². The number of benzene rings is 3. The molecule has 0 aromatic heterocycles. The van der Waals surface area contributed by atoms with Crippen LogP contribution in [-0.2, 0) is 0 Å². The number of anilines is 2. The van der Waals surface area contributed by atoms with Gasteiger partial charge in [-0.25, -0.2) is 0 Å². The molecular formula is C24H17N. The summed E-state index contributed by atoms with van der Waals surface area (Å²) in [5, 5.41) is 0. The summed E-state index contributed by atoms with van der Waals surface area (Å²) in [4.78, 5) is 2.55. The number of fused-ring (bicyclic) bond motifs is 10. The first-order valence-electron chi connectivity index (χ1n) is 8.90. The number of rotatable bonds is 0. The molecule has 3 aromatic rings. The molecular weight excluding hydrogens is 302 g/mol. The molecule has 6 rings (SSSR count). The molecule has 2 aliphatic heterocycles. The number of allylic oxidation sites excluding steroid dienone is 3. The molecule has 118 valence electrons. The fourth-order valence-electron chi connectivity index (χ4n) is 4.74. The van der Waals surface area contributed by atoms with E-state index in [1.54, 1.807) is 0 Å². The second-order valence-electron chi connectivity index (χ2n) is 6.94. The van der Waals surface area contributed by atoms with Crippen LogP contribution in [0.4, 0.5) is 11.4 Å². The van der Waals surface area contributed by atoms with E-state index in [1.165, 1.54) is 44.8 Å². The standard InChI is InChI=1S/C24H17N/c1-2-11-20-16(8-1)18-9-3-5-14-22(18)25-23-15-6-4-10-19(23)17-12-7-13-21(17)24(20)25/h1-12,14-15,24H,13H2. The zero-order valence-corrected chi connectivity index (χ0v) is 13.8. The Kier molecular flexibility index (Phi) is 2.51. The van der Waals surface area contributed by atoms with Gasteiger partial charge >= 0.3 is 0 Å². The van der Waals surface area contributed by atoms with Crippen molar-refractivity contribution in [1.29, 1.82) is 0 Å². The molecule has 0 N–H and O–H groups in total. The Balaban J connectivity index is 1.75. The third-order valence-corrected chi connectivity index (χ3v) is 5.72. The monoisotopic (exact) mass is 319 g/mol. The molecule has 0 fully saturated rings. The lowest BCUT2D eigenvalue weighted by Gasteiger charge is -2.45. The van der Waals surface area contributed by atoms with E-state index in [0.717, 1.165) is 6.42 Å². The zero-order chi connectivity index (χ0) is 16.4. The molecule has 1 heteroatoms. The smallest absolute Gasteiger partial charge is 0.0823 e. The largest absolute Gasteiger partial charge is 0.329 e. The van der Waals surface area contributed by atoms with Gasteiger partial charge in [0.05, 0.1) is 6.04 Å². The third-order valence-electron chi connectivity index (χ3n) is 5.72. The van der Waals surface area contributed by atoms with E-state index in [-0.39, 0.29) is 0 Å². The minimum Gasteiger partial charge on any atom is -0.329 e. The molecule has 1 nitrogen and oxygen atoms in total. The van der Waals surface area contributed by atoms with Gasteiger partial charge in [-0.15, -0.1) is 0 Å². The normalized spacial score (nSPS) is 19.0. The van der Waals surface area contributed by atoms with Crippen LogP contribution < -0.4 is 4.90 Å². The summed E-state index contributed by atoms with van der Waals surface area (Å²) in [5.41, 5.74) is 11.1. The molecule has 3 aromatic carbocycles. The molecule has 1 aliphatic carbocycles. The van der Waals surface area contributed by atoms with E-state index >= 15 is 0 Å². The van der Waals surface area contributed by atoms with Gasteiger partial charge in [0.15, 0.2) is 0 Å².